The number of piperazine rings is 2. The Hall–Kier alpha value is -1.79. The Labute approximate surface area is 142 Å². The van der Waals surface area contributed by atoms with Gasteiger partial charge in [-0.3, -0.25) is 14.6 Å². The predicted octanol–water partition coefficient (Wildman–Crippen LogP) is 1.47. The Morgan fingerprint density at radius 3 is 2.75 bits per heavy atom. The molecule has 1 saturated carbocycles. The highest BCUT2D eigenvalue weighted by Gasteiger charge is 2.47. The molecule has 1 aliphatic carbocycles. The van der Waals surface area contributed by atoms with Gasteiger partial charge in [0.2, 0.25) is 11.8 Å². The second-order valence-electron chi connectivity index (χ2n) is 6.59. The third-order valence-electron chi connectivity index (χ3n) is 5.01. The number of hydrogen-bond acceptors (Lipinski definition) is 6. The normalized spacial score (nSPS) is 27.5. The van der Waals surface area contributed by atoms with E-state index in [-0.39, 0.29) is 30.7 Å². The van der Waals surface area contributed by atoms with Crippen LogP contribution in [0.2, 0.25) is 0 Å². The predicted molar refractivity (Wildman–Crippen MR) is 83.9 cm³/mol. The zero-order valence-electron chi connectivity index (χ0n) is 13.0. The maximum Gasteiger partial charge on any atom is 0.249 e. The van der Waals surface area contributed by atoms with E-state index in [1.807, 2.05) is 0 Å². The molecule has 0 aromatic carbocycles. The first-order chi connectivity index (χ1) is 11.5. The number of aromatic nitrogens is 1. The highest BCUT2D eigenvalue weighted by Crippen LogP contribution is 2.49. The number of thiazole rings is 1. The van der Waals surface area contributed by atoms with Gasteiger partial charge in [0.05, 0.1) is 17.7 Å². The Bertz CT molecular complexity index is 694. The van der Waals surface area contributed by atoms with Gasteiger partial charge < -0.3 is 4.90 Å². The van der Waals surface area contributed by atoms with Crippen LogP contribution >= 0.6 is 11.3 Å². The van der Waals surface area contributed by atoms with Crippen LogP contribution in [0.1, 0.15) is 23.8 Å². The first-order valence-corrected chi connectivity index (χ1v) is 8.82. The van der Waals surface area contributed by atoms with Crippen LogP contribution < -0.4 is 4.90 Å². The van der Waals surface area contributed by atoms with Crippen molar-refractivity contribution in [1.82, 2.24) is 14.8 Å². The van der Waals surface area contributed by atoms with Crippen molar-refractivity contribution in [2.45, 2.75) is 30.7 Å². The van der Waals surface area contributed by atoms with Crippen LogP contribution in [0.4, 0.5) is 13.8 Å². The summed E-state index contributed by atoms with van der Waals surface area (Å²) in [7, 11) is 0. The fraction of sp³-hybridized carbons (Fsp3) is 0.667. The number of hydrogen-bond donors (Lipinski definition) is 0. The summed E-state index contributed by atoms with van der Waals surface area (Å²) < 4.78 is 26.1. The topological polar surface area (TPSA) is 63.5 Å². The van der Waals surface area contributed by atoms with E-state index in [0.717, 1.165) is 11.5 Å². The lowest BCUT2D eigenvalue weighted by Crippen LogP contribution is -2.64. The summed E-state index contributed by atoms with van der Waals surface area (Å²) in [6.07, 6.45) is 3.43. The van der Waals surface area contributed by atoms with E-state index in [9.17, 15) is 13.6 Å². The summed E-state index contributed by atoms with van der Waals surface area (Å²) in [5.41, 5.74) is 0. The second kappa shape index (κ2) is 5.63. The number of amides is 1. The summed E-state index contributed by atoms with van der Waals surface area (Å²) in [6.45, 7) is 3.10. The molecule has 2 saturated heterocycles. The number of halogens is 2. The van der Waals surface area contributed by atoms with Crippen molar-refractivity contribution in [3.05, 3.63) is 11.2 Å². The zero-order valence-corrected chi connectivity index (χ0v) is 13.8. The molecule has 0 N–H and O–H groups in total. The van der Waals surface area contributed by atoms with Crippen LogP contribution in [0.25, 0.3) is 0 Å². The molecule has 6 nitrogen and oxygen atoms in total. The first kappa shape index (κ1) is 15.7. The van der Waals surface area contributed by atoms with Gasteiger partial charge in [0, 0.05) is 44.9 Å². The van der Waals surface area contributed by atoms with E-state index in [1.54, 1.807) is 16.0 Å². The summed E-state index contributed by atoms with van der Waals surface area (Å²) >= 11 is 1.34. The van der Waals surface area contributed by atoms with Crippen LogP contribution in [0, 0.1) is 11.5 Å². The molecule has 3 aliphatic rings. The van der Waals surface area contributed by atoms with Gasteiger partial charge in [-0.05, 0) is 0 Å². The molecule has 1 aromatic rings. The Balaban J connectivity index is 1.48. The number of carbonyl (C=O) groups excluding carboxylic acids is 1. The molecule has 3 heterocycles. The summed E-state index contributed by atoms with van der Waals surface area (Å²) in [6, 6.07) is -0.314. The lowest BCUT2D eigenvalue weighted by Gasteiger charge is -2.44. The molecular weight excluding hydrogens is 336 g/mol. The summed E-state index contributed by atoms with van der Waals surface area (Å²) in [5, 5.41) is 10.5. The molecule has 3 fully saturated rings. The smallest absolute Gasteiger partial charge is 0.249 e. The minimum absolute atomic E-state index is 0.0321. The van der Waals surface area contributed by atoms with Crippen LogP contribution in [0.3, 0.4) is 0 Å². The zero-order chi connectivity index (χ0) is 16.9. The number of rotatable bonds is 2. The molecule has 2 aliphatic heterocycles. The second-order valence-corrected chi connectivity index (χ2v) is 7.63. The largest absolute Gasteiger partial charge is 0.307 e. The van der Waals surface area contributed by atoms with Crippen molar-refractivity contribution in [2.24, 2.45) is 0 Å². The molecule has 128 valence electrons. The Morgan fingerprint density at radius 1 is 1.29 bits per heavy atom. The fourth-order valence-electron chi connectivity index (χ4n) is 3.58. The van der Waals surface area contributed by atoms with Gasteiger partial charge in [-0.25, -0.2) is 13.8 Å². The van der Waals surface area contributed by atoms with Gasteiger partial charge >= 0.3 is 0 Å². The number of fused-ring (bicyclic) bond motifs is 1. The Morgan fingerprint density at radius 2 is 2.04 bits per heavy atom. The molecule has 1 amide bonds. The number of anilines is 1. The maximum atomic E-state index is 13.0. The minimum atomic E-state index is -2.57. The minimum Gasteiger partial charge on any atom is -0.307 e. The first-order valence-electron chi connectivity index (χ1n) is 8.00. The Kier molecular flexibility index (Phi) is 3.69. The number of nitrogens with zero attached hydrogens (tertiary/aromatic N) is 5. The van der Waals surface area contributed by atoms with Gasteiger partial charge in [0.1, 0.15) is 11.0 Å². The van der Waals surface area contributed by atoms with Crippen LogP contribution in [0.5, 0.6) is 0 Å². The fourth-order valence-corrected chi connectivity index (χ4v) is 4.63. The molecule has 0 unspecified atom stereocenters. The average Bonchev–Trinajstić information content (AvgIpc) is 3.02. The third-order valence-corrected chi connectivity index (χ3v) is 6.19. The van der Waals surface area contributed by atoms with Gasteiger partial charge in [0.25, 0.3) is 0 Å². The molecule has 0 bridgehead atoms. The van der Waals surface area contributed by atoms with Crippen molar-refractivity contribution in [1.29, 1.82) is 5.26 Å². The van der Waals surface area contributed by atoms with Gasteiger partial charge in [0.15, 0.2) is 6.19 Å². The van der Waals surface area contributed by atoms with E-state index >= 15 is 0 Å². The molecule has 9 heteroatoms. The lowest BCUT2D eigenvalue weighted by molar-refractivity contribution is -0.127. The van der Waals surface area contributed by atoms with E-state index < -0.39 is 5.92 Å². The van der Waals surface area contributed by atoms with Crippen LogP contribution in [-0.2, 0) is 4.79 Å². The molecule has 4 rings (SSSR count). The summed E-state index contributed by atoms with van der Waals surface area (Å²) in [5.74, 6) is -2.80. The lowest BCUT2D eigenvalue weighted by atomic mass is 9.82. The van der Waals surface area contributed by atoms with Crippen molar-refractivity contribution < 1.29 is 13.6 Å². The van der Waals surface area contributed by atoms with Gasteiger partial charge in [-0.1, -0.05) is 0 Å². The van der Waals surface area contributed by atoms with Crippen LogP contribution in [-0.4, -0.2) is 65.4 Å². The van der Waals surface area contributed by atoms with Crippen LogP contribution in [0.15, 0.2) is 6.20 Å². The number of carbonyl (C=O) groups is 1. The van der Waals surface area contributed by atoms with Crippen molar-refractivity contribution in [2.75, 3.05) is 37.6 Å². The van der Waals surface area contributed by atoms with E-state index in [4.69, 9.17) is 5.26 Å². The molecule has 1 aromatic heterocycles. The van der Waals surface area contributed by atoms with Gasteiger partial charge in [-0.15, -0.1) is 11.3 Å². The van der Waals surface area contributed by atoms with E-state index in [2.05, 4.69) is 16.1 Å². The third kappa shape index (κ3) is 2.63. The average molecular weight is 353 g/mol. The number of nitriles is 1. The monoisotopic (exact) mass is 353 g/mol. The van der Waals surface area contributed by atoms with Crippen molar-refractivity contribution in [3.63, 3.8) is 0 Å². The van der Waals surface area contributed by atoms with E-state index in [0.29, 0.717) is 31.2 Å². The molecule has 1 atom stereocenters. The van der Waals surface area contributed by atoms with Gasteiger partial charge in [-0.2, -0.15) is 5.26 Å². The van der Waals surface area contributed by atoms with Crippen molar-refractivity contribution >= 4 is 22.2 Å². The quantitative estimate of drug-likeness (QED) is 0.754. The SMILES string of the molecule is N#CN1CCN2CCN(c3cnc(C4CC(F)(F)C4)s3)C(=O)[C@H]2C1. The molecule has 24 heavy (non-hydrogen) atoms. The number of alkyl halides is 2. The molecular formula is C15H17F2N5OS. The maximum absolute atomic E-state index is 13.0. The summed E-state index contributed by atoms with van der Waals surface area (Å²) in [4.78, 5) is 22.5. The van der Waals surface area contributed by atoms with Crippen molar-refractivity contribution in [3.8, 4) is 6.19 Å². The standard InChI is InChI=1S/C15H17F2N5OS/c16-15(17)5-10(6-15)13-19-7-12(24-13)22-4-3-21-2-1-20(9-18)8-11(21)14(22)23/h7,10-11H,1-6,8H2/t11-/m1/s1. The highest BCUT2D eigenvalue weighted by atomic mass is 32.1. The highest BCUT2D eigenvalue weighted by molar-refractivity contribution is 7.16. The molecule has 0 radical (unpaired) electrons. The molecule has 0 spiro atoms. The van der Waals surface area contributed by atoms with E-state index in [1.165, 1.54) is 11.3 Å².